The highest BCUT2D eigenvalue weighted by atomic mass is 19.1. The minimum absolute atomic E-state index is 0.0596. The highest BCUT2D eigenvalue weighted by Gasteiger charge is 2.27. The van der Waals surface area contributed by atoms with E-state index in [1.807, 2.05) is 6.92 Å². The Bertz CT molecular complexity index is 447. The van der Waals surface area contributed by atoms with Gasteiger partial charge in [0.1, 0.15) is 11.6 Å². The lowest BCUT2D eigenvalue weighted by molar-refractivity contribution is -0.127. The quantitative estimate of drug-likeness (QED) is 0.859. The number of amides is 1. The van der Waals surface area contributed by atoms with Crippen LogP contribution in [-0.4, -0.2) is 19.0 Å². The van der Waals surface area contributed by atoms with Crippen LogP contribution in [0.1, 0.15) is 24.9 Å². The monoisotopic (exact) mass is 254 g/mol. The first kappa shape index (κ1) is 13.0. The number of hydrogen-bond donors (Lipinski definition) is 2. The molecule has 0 aliphatic carbocycles. The van der Waals surface area contributed by atoms with Crippen LogP contribution in [0.3, 0.4) is 0 Å². The lowest BCUT2D eigenvalue weighted by atomic mass is 9.99. The van der Waals surface area contributed by atoms with Gasteiger partial charge in [0.25, 0.3) is 0 Å². The molecule has 1 aliphatic heterocycles. The van der Waals surface area contributed by atoms with Gasteiger partial charge in [-0.25, -0.2) is 8.78 Å². The first-order valence-corrected chi connectivity index (χ1v) is 6.08. The van der Waals surface area contributed by atoms with Gasteiger partial charge in [0.2, 0.25) is 5.91 Å². The van der Waals surface area contributed by atoms with Gasteiger partial charge < -0.3 is 10.6 Å². The molecule has 1 atom stereocenters. The molecule has 0 radical (unpaired) electrons. The molecule has 1 amide bonds. The van der Waals surface area contributed by atoms with Gasteiger partial charge in [0.05, 0.1) is 12.0 Å². The average Bonchev–Trinajstić information content (AvgIpc) is 2.27. The van der Waals surface area contributed by atoms with Crippen molar-refractivity contribution in [1.82, 2.24) is 10.6 Å². The van der Waals surface area contributed by atoms with Crippen LogP contribution in [0.25, 0.3) is 0 Å². The lowest BCUT2D eigenvalue weighted by Gasteiger charge is -2.28. The largest absolute Gasteiger partial charge is 0.349 e. The molecule has 0 spiro atoms. The molecular formula is C13H16F2N2O. The fourth-order valence-corrected chi connectivity index (χ4v) is 1.95. The number of halogens is 2. The van der Waals surface area contributed by atoms with Crippen LogP contribution in [0.4, 0.5) is 8.78 Å². The van der Waals surface area contributed by atoms with E-state index in [4.69, 9.17) is 0 Å². The molecule has 98 valence electrons. The first-order chi connectivity index (χ1) is 8.61. The molecular weight excluding hydrogens is 238 g/mol. The summed E-state index contributed by atoms with van der Waals surface area (Å²) in [4.78, 5) is 11.8. The van der Waals surface area contributed by atoms with Crippen molar-refractivity contribution in [3.8, 4) is 0 Å². The lowest BCUT2D eigenvalue weighted by Crippen LogP contribution is -2.51. The average molecular weight is 254 g/mol. The Kier molecular flexibility index (Phi) is 3.91. The van der Waals surface area contributed by atoms with E-state index in [1.54, 1.807) is 0 Å². The Morgan fingerprint density at radius 3 is 2.78 bits per heavy atom. The molecule has 1 fully saturated rings. The zero-order valence-electron chi connectivity index (χ0n) is 10.2. The molecule has 2 rings (SSSR count). The van der Waals surface area contributed by atoms with E-state index in [9.17, 15) is 13.6 Å². The van der Waals surface area contributed by atoms with Crippen LogP contribution < -0.4 is 10.6 Å². The van der Waals surface area contributed by atoms with Crippen LogP contribution in [0, 0.1) is 17.6 Å². The predicted octanol–water partition coefficient (Wildman–Crippen LogP) is 1.75. The molecule has 0 bridgehead atoms. The number of nitrogens with one attached hydrogen (secondary N) is 2. The Labute approximate surface area is 105 Å². The van der Waals surface area contributed by atoms with Crippen molar-refractivity contribution >= 4 is 5.91 Å². The molecule has 1 saturated heterocycles. The maximum Gasteiger partial charge on any atom is 0.226 e. The highest BCUT2D eigenvalue weighted by Crippen LogP contribution is 2.22. The molecule has 1 unspecified atom stereocenters. The summed E-state index contributed by atoms with van der Waals surface area (Å²) in [7, 11) is 0. The van der Waals surface area contributed by atoms with Gasteiger partial charge in [-0.3, -0.25) is 4.79 Å². The molecule has 3 nitrogen and oxygen atoms in total. The van der Waals surface area contributed by atoms with Crippen LogP contribution in [0.15, 0.2) is 18.2 Å². The zero-order chi connectivity index (χ0) is 13.1. The molecule has 1 heterocycles. The fourth-order valence-electron chi connectivity index (χ4n) is 1.95. The molecule has 1 aromatic rings. The SMILES string of the molecule is CCC(NC(=O)C1CNC1)c1cc(F)ccc1F. The second kappa shape index (κ2) is 5.44. The Morgan fingerprint density at radius 2 is 2.22 bits per heavy atom. The smallest absolute Gasteiger partial charge is 0.226 e. The Morgan fingerprint density at radius 1 is 1.50 bits per heavy atom. The Balaban J connectivity index is 2.11. The van der Waals surface area contributed by atoms with Crippen molar-refractivity contribution in [2.75, 3.05) is 13.1 Å². The Hall–Kier alpha value is -1.49. The summed E-state index contributed by atoms with van der Waals surface area (Å²) in [5, 5.41) is 5.77. The van der Waals surface area contributed by atoms with Crippen LogP contribution in [0.2, 0.25) is 0 Å². The van der Waals surface area contributed by atoms with Crippen molar-refractivity contribution in [1.29, 1.82) is 0 Å². The van der Waals surface area contributed by atoms with E-state index < -0.39 is 17.7 Å². The standard InChI is InChI=1S/C13H16F2N2O/c1-2-12(17-13(18)8-6-16-7-8)10-5-9(14)3-4-11(10)15/h3-5,8,12,16H,2,6-7H2,1H3,(H,17,18). The summed E-state index contributed by atoms with van der Waals surface area (Å²) < 4.78 is 26.8. The molecule has 2 N–H and O–H groups in total. The van der Waals surface area contributed by atoms with Crippen molar-refractivity contribution in [2.45, 2.75) is 19.4 Å². The number of hydrogen-bond acceptors (Lipinski definition) is 2. The van der Waals surface area contributed by atoms with Gasteiger partial charge in [-0.15, -0.1) is 0 Å². The number of rotatable bonds is 4. The van der Waals surface area contributed by atoms with Crippen molar-refractivity contribution in [3.05, 3.63) is 35.4 Å². The molecule has 0 aromatic heterocycles. The zero-order valence-corrected chi connectivity index (χ0v) is 10.2. The summed E-state index contributed by atoms with van der Waals surface area (Å²) in [5.41, 5.74) is 0.207. The second-order valence-corrected chi connectivity index (χ2v) is 4.49. The minimum atomic E-state index is -0.496. The van der Waals surface area contributed by atoms with E-state index in [0.717, 1.165) is 18.2 Å². The maximum absolute atomic E-state index is 13.6. The van der Waals surface area contributed by atoms with E-state index >= 15 is 0 Å². The number of carbonyl (C=O) groups is 1. The van der Waals surface area contributed by atoms with Gasteiger partial charge in [-0.1, -0.05) is 6.92 Å². The van der Waals surface area contributed by atoms with Crippen LogP contribution in [0.5, 0.6) is 0 Å². The third kappa shape index (κ3) is 2.67. The first-order valence-electron chi connectivity index (χ1n) is 6.08. The summed E-state index contributed by atoms with van der Waals surface area (Å²) in [6.45, 7) is 3.12. The van der Waals surface area contributed by atoms with Gasteiger partial charge in [-0.2, -0.15) is 0 Å². The van der Waals surface area contributed by atoms with Gasteiger partial charge in [-0.05, 0) is 24.6 Å². The molecule has 0 saturated carbocycles. The van der Waals surface area contributed by atoms with Gasteiger partial charge in [0.15, 0.2) is 0 Å². The van der Waals surface area contributed by atoms with E-state index in [1.165, 1.54) is 0 Å². The van der Waals surface area contributed by atoms with E-state index in [-0.39, 0.29) is 17.4 Å². The third-order valence-corrected chi connectivity index (χ3v) is 3.21. The minimum Gasteiger partial charge on any atom is -0.349 e. The van der Waals surface area contributed by atoms with E-state index in [0.29, 0.717) is 19.5 Å². The third-order valence-electron chi connectivity index (χ3n) is 3.21. The molecule has 5 heteroatoms. The maximum atomic E-state index is 13.6. The highest BCUT2D eigenvalue weighted by molar-refractivity contribution is 5.80. The van der Waals surface area contributed by atoms with Crippen molar-refractivity contribution < 1.29 is 13.6 Å². The normalized spacial score (nSPS) is 17.1. The fraction of sp³-hybridized carbons (Fsp3) is 0.462. The van der Waals surface area contributed by atoms with Crippen LogP contribution in [-0.2, 0) is 4.79 Å². The summed E-state index contributed by atoms with van der Waals surface area (Å²) in [5.74, 6) is -1.15. The van der Waals surface area contributed by atoms with Crippen LogP contribution >= 0.6 is 0 Å². The van der Waals surface area contributed by atoms with Gasteiger partial charge in [0, 0.05) is 18.7 Å². The predicted molar refractivity (Wildman–Crippen MR) is 63.9 cm³/mol. The number of carbonyl (C=O) groups excluding carboxylic acids is 1. The second-order valence-electron chi connectivity index (χ2n) is 4.49. The van der Waals surface area contributed by atoms with E-state index in [2.05, 4.69) is 10.6 Å². The molecule has 18 heavy (non-hydrogen) atoms. The molecule has 1 aliphatic rings. The van der Waals surface area contributed by atoms with Crippen molar-refractivity contribution in [2.24, 2.45) is 5.92 Å². The van der Waals surface area contributed by atoms with Crippen molar-refractivity contribution in [3.63, 3.8) is 0 Å². The molecule has 1 aromatic carbocycles. The summed E-state index contributed by atoms with van der Waals surface area (Å²) >= 11 is 0. The topological polar surface area (TPSA) is 41.1 Å². The number of benzene rings is 1. The summed E-state index contributed by atoms with van der Waals surface area (Å²) in [6.07, 6.45) is 0.520. The van der Waals surface area contributed by atoms with Gasteiger partial charge >= 0.3 is 0 Å². The summed E-state index contributed by atoms with van der Waals surface area (Å²) in [6, 6.07) is 2.82.